The SMILES string of the molecule is CC(C)[Si](c1ccccc1N=C(C(=Nc1ccccc1[Si](C(C)C)(C(C)C)C(C)C)c1ccc(F)cc1)c1ccc(F)cc1)(C(C)C)C(C)C.C[Si](c1ccccc1)(c1ccccc1)c1ccccc1N=C(C(=Nc1ccccc1[Si](C)(c1ccccc1)c1ccccc1)c1ccc(F)cc1)c1ccc(F)cc1.[Cl][Ni][Cl].[Cl][Ni][Cl]. The predicted octanol–water partition coefficient (Wildman–Crippen LogP) is 24.5. The van der Waals surface area contributed by atoms with Gasteiger partial charge in [0.2, 0.25) is 0 Å². The first-order valence-corrected chi connectivity index (χ1v) is 53.3. The first kappa shape index (κ1) is 90.0. The summed E-state index contributed by atoms with van der Waals surface area (Å²) in [6, 6.07) is 102. The molecule has 0 N–H and O–H groups in total. The molecule has 0 heterocycles. The summed E-state index contributed by atoms with van der Waals surface area (Å²) in [7, 11) is 9.21. The Kier molecular flexibility index (Phi) is 33.4. The van der Waals surface area contributed by atoms with Crippen LogP contribution in [0.5, 0.6) is 0 Å². The van der Waals surface area contributed by atoms with Gasteiger partial charge >= 0.3 is 66.1 Å². The predicted molar refractivity (Wildman–Crippen MR) is 488 cm³/mol. The van der Waals surface area contributed by atoms with Gasteiger partial charge in [0.05, 0.1) is 61.7 Å². The van der Waals surface area contributed by atoms with E-state index >= 15 is 0 Å². The minimum atomic E-state index is -2.65. The van der Waals surface area contributed by atoms with Crippen LogP contribution in [-0.4, -0.2) is 55.1 Å². The van der Waals surface area contributed by atoms with Gasteiger partial charge in [0.1, 0.15) is 39.4 Å². The normalized spacial score (nSPS) is 12.6. The van der Waals surface area contributed by atoms with Crippen molar-refractivity contribution >= 4 is 160 Å². The molecule has 12 aromatic carbocycles. The molecule has 0 bridgehead atoms. The first-order chi connectivity index (χ1) is 54.8. The molecule has 0 aliphatic heterocycles. The monoisotopic (exact) mass is 1750 g/mol. The molecule has 12 aromatic rings. The van der Waals surface area contributed by atoms with Crippen LogP contribution in [0.15, 0.2) is 335 Å². The number of hydrogen-bond donors (Lipinski definition) is 0. The number of para-hydroxylation sites is 4. The number of halogens is 8. The summed E-state index contributed by atoms with van der Waals surface area (Å²) in [4.78, 5) is 22.3. The molecule has 0 unspecified atom stereocenters. The van der Waals surface area contributed by atoms with E-state index in [0.29, 0.717) is 92.5 Å². The van der Waals surface area contributed by atoms with Crippen LogP contribution in [0.1, 0.15) is 105 Å². The van der Waals surface area contributed by atoms with Crippen molar-refractivity contribution in [3.8, 4) is 0 Å². The number of nitrogens with zero attached hydrogens (tertiary/aromatic N) is 4. The van der Waals surface area contributed by atoms with E-state index in [9.17, 15) is 17.6 Å². The van der Waals surface area contributed by atoms with Gasteiger partial charge in [-0.25, -0.2) is 37.5 Å². The van der Waals surface area contributed by atoms with Gasteiger partial charge in [-0.2, -0.15) is 0 Å². The van der Waals surface area contributed by atoms with E-state index < -0.39 is 32.3 Å². The third-order valence-electron chi connectivity index (χ3n) is 22.6. The molecule has 4 nitrogen and oxygen atoms in total. The van der Waals surface area contributed by atoms with Crippen molar-refractivity contribution in [1.82, 2.24) is 0 Å². The summed E-state index contributed by atoms with van der Waals surface area (Å²) < 4.78 is 58.4. The Hall–Kier alpha value is -7.95. The second kappa shape index (κ2) is 42.3. The van der Waals surface area contributed by atoms with Crippen molar-refractivity contribution in [2.75, 3.05) is 0 Å². The fourth-order valence-corrected chi connectivity index (χ4v) is 38.9. The van der Waals surface area contributed by atoms with Gasteiger partial charge in [-0.1, -0.05) is 290 Å². The Balaban J connectivity index is 0.000000247. The molecular weight excluding hydrogens is 1660 g/mol. The van der Waals surface area contributed by atoms with E-state index in [1.807, 2.05) is 36.4 Å². The number of rotatable bonds is 24. The van der Waals surface area contributed by atoms with E-state index in [2.05, 4.69) is 278 Å². The Morgan fingerprint density at radius 3 is 0.579 bits per heavy atom. The van der Waals surface area contributed by atoms with E-state index in [1.54, 1.807) is 48.5 Å². The average Bonchev–Trinajstić information content (AvgIpc) is 0.764. The van der Waals surface area contributed by atoms with E-state index in [0.717, 1.165) is 44.2 Å². The number of hydrogen-bond acceptors (Lipinski definition) is 4. The molecule has 0 amide bonds. The van der Waals surface area contributed by atoms with Crippen molar-refractivity contribution in [1.29, 1.82) is 0 Å². The third-order valence-corrected chi connectivity index (χ3v) is 45.7. The number of benzene rings is 12. The molecule has 0 fully saturated rings. The van der Waals surface area contributed by atoms with Gasteiger partial charge in [0.15, 0.2) is 0 Å². The zero-order valence-electron chi connectivity index (χ0n) is 66.9. The molecule has 114 heavy (non-hydrogen) atoms. The summed E-state index contributed by atoms with van der Waals surface area (Å²) in [5.74, 6) is -1.33. The van der Waals surface area contributed by atoms with Crippen LogP contribution in [0.2, 0.25) is 46.3 Å². The van der Waals surface area contributed by atoms with Crippen molar-refractivity contribution < 1.29 is 42.9 Å². The maximum atomic E-state index is 14.7. The topological polar surface area (TPSA) is 49.4 Å². The zero-order valence-corrected chi connectivity index (χ0v) is 75.9. The Morgan fingerprint density at radius 1 is 0.237 bits per heavy atom. The van der Waals surface area contributed by atoms with Gasteiger partial charge < -0.3 is 0 Å². The molecule has 0 saturated heterocycles. The third kappa shape index (κ3) is 20.5. The van der Waals surface area contributed by atoms with E-state index in [1.165, 1.54) is 79.7 Å². The minimum absolute atomic E-state index is 0.313. The van der Waals surface area contributed by atoms with Gasteiger partial charge in [-0.15, -0.1) is 0 Å². The Bertz CT molecular complexity index is 4730. The van der Waals surface area contributed by atoms with Crippen LogP contribution in [0, 0.1) is 23.3 Å². The Morgan fingerprint density at radius 2 is 0.395 bits per heavy atom. The first-order valence-electron chi connectivity index (χ1n) is 38.4. The second-order valence-electron chi connectivity index (χ2n) is 30.5. The molecule has 596 valence electrons. The Labute approximate surface area is 707 Å². The van der Waals surface area contributed by atoms with Gasteiger partial charge in [-0.3, -0.25) is 0 Å². The molecule has 0 atom stereocenters. The molecule has 0 aliphatic carbocycles. The molecule has 0 radical (unpaired) electrons. The average molecular weight is 1760 g/mol. The summed E-state index contributed by atoms with van der Waals surface area (Å²) in [5.41, 5.74) is 11.6. The zero-order chi connectivity index (χ0) is 82.3. The summed E-state index contributed by atoms with van der Waals surface area (Å²) in [6.45, 7) is 33.1. The molecule has 0 aliphatic rings. The van der Waals surface area contributed by atoms with Gasteiger partial charge in [0, 0.05) is 22.3 Å². The molecule has 0 saturated carbocycles. The molecule has 0 spiro atoms. The fourth-order valence-electron chi connectivity index (χ4n) is 17.7. The van der Waals surface area contributed by atoms with E-state index in [4.69, 9.17) is 60.7 Å². The van der Waals surface area contributed by atoms with Crippen molar-refractivity contribution in [3.05, 3.63) is 361 Å². The summed E-state index contributed by atoms with van der Waals surface area (Å²) in [5, 5.41) is 9.89. The number of aliphatic imine (C=N–C) groups is 4. The van der Waals surface area contributed by atoms with Crippen LogP contribution in [0.3, 0.4) is 0 Å². The van der Waals surface area contributed by atoms with Crippen LogP contribution in [-0.2, 0) is 25.3 Å². The van der Waals surface area contributed by atoms with Crippen LogP contribution in [0.4, 0.5) is 40.3 Å². The van der Waals surface area contributed by atoms with Crippen LogP contribution < -0.4 is 41.5 Å². The van der Waals surface area contributed by atoms with Crippen LogP contribution >= 0.6 is 40.8 Å². The summed E-state index contributed by atoms with van der Waals surface area (Å²) in [6.07, 6.45) is 0. The maximum absolute atomic E-state index is 14.7. The quantitative estimate of drug-likeness (QED) is 0.0251. The molecule has 12 rings (SSSR count). The second-order valence-corrected chi connectivity index (χ2v) is 53.4. The molecule has 18 heteroatoms. The standard InChI is InChI=1S/C52H42F2N2Si2.C44H58F2N2Si2.4ClH.2Ni/c1-57(43-19-7-3-8-20-43,44-21-9-4-10-22-44)49-29-17-15-27-47(49)55-51(39-31-35-41(53)36-32-39)52(40-33-37-42(54)38-34-40)56-48-28-16-18-30-50(48)58(2,45-23-11-5-12-24-45)46-25-13-6-14-26-46;1-29(2)49(30(3)4,31(5)6)41-19-15-13-17-39(41)47-43(35-21-25-37(45)26-22-35)44(36-23-27-38(46)28-24-36)48-40-18-14-16-20-42(40)50(32(7)8,33(9)10)34(11)12;;;;;;/h3-38H,1-2H3;13-34H,1-12H3;4*1H;;/q;;;;;;2*+2/p-4. The summed E-state index contributed by atoms with van der Waals surface area (Å²) >= 11 is 1.14. The van der Waals surface area contributed by atoms with Crippen molar-refractivity contribution in [3.63, 3.8) is 0 Å². The molecular formula is C96H100Cl4F4N4Ni2Si4. The van der Waals surface area contributed by atoms with Gasteiger partial charge in [0.25, 0.3) is 0 Å². The van der Waals surface area contributed by atoms with Crippen molar-refractivity contribution in [2.45, 2.75) is 129 Å². The van der Waals surface area contributed by atoms with E-state index in [-0.39, 0.29) is 23.3 Å². The van der Waals surface area contributed by atoms with Gasteiger partial charge in [-0.05, 0) is 196 Å². The van der Waals surface area contributed by atoms with Crippen LogP contribution in [0.25, 0.3) is 0 Å². The fraction of sp³-hybridized carbons (Fsp3) is 0.208. The molecule has 0 aromatic heterocycles. The van der Waals surface area contributed by atoms with Crippen molar-refractivity contribution in [2.24, 2.45) is 20.0 Å².